The number of pyridine rings is 1. The van der Waals surface area contributed by atoms with Crippen molar-refractivity contribution in [3.05, 3.63) is 77.1 Å². The number of hydrogen-bond acceptors (Lipinski definition) is 11. The second kappa shape index (κ2) is 18.6. The molecule has 3 aromatic rings. The number of carbonyl (C=O) groups is 2. The number of ether oxygens (including phenoxy) is 1. The zero-order valence-electron chi connectivity index (χ0n) is 30.4. The molecule has 6 N–H and O–H groups in total. The first kappa shape index (κ1) is 40.4. The maximum Gasteiger partial charge on any atom is 0.254 e. The third-order valence-electron chi connectivity index (χ3n) is 10.4. The summed E-state index contributed by atoms with van der Waals surface area (Å²) in [5.41, 5.74) is 4.05. The molecule has 3 aliphatic rings. The third kappa shape index (κ3) is 10.1. The SMILES string of the molecule is O=C1CCCN1CCCN(CCCSc1ccc(Cl)c(CNC2(c3cnccc3-c3ccccc3OC3CC3)CC2)c1)C(=O)C(O)C(O)C(O)C(O)CO. The number of aromatic nitrogens is 1. The van der Waals surface area contributed by atoms with E-state index in [1.165, 1.54) is 4.90 Å². The zero-order chi connectivity index (χ0) is 38.2. The molecule has 4 atom stereocenters. The first-order valence-electron chi connectivity index (χ1n) is 18.9. The van der Waals surface area contributed by atoms with Crippen LogP contribution in [0, 0.1) is 0 Å². The van der Waals surface area contributed by atoms with Crippen LogP contribution in [0.3, 0.4) is 0 Å². The Kier molecular flexibility index (Phi) is 13.9. The molecule has 3 fully saturated rings. The van der Waals surface area contributed by atoms with Crippen LogP contribution in [0.4, 0.5) is 0 Å². The van der Waals surface area contributed by atoms with Gasteiger partial charge in [-0.2, -0.15) is 0 Å². The van der Waals surface area contributed by atoms with Crippen LogP contribution in [-0.4, -0.2) is 121 Å². The van der Waals surface area contributed by atoms with Gasteiger partial charge in [-0.05, 0) is 97.7 Å². The van der Waals surface area contributed by atoms with Crippen molar-refractivity contribution >= 4 is 35.2 Å². The number of halogens is 1. The number of hydrogen-bond donors (Lipinski definition) is 6. The Morgan fingerprint density at radius 2 is 1.83 bits per heavy atom. The van der Waals surface area contributed by atoms with E-state index in [4.69, 9.17) is 21.4 Å². The Bertz CT molecular complexity index is 1740. The van der Waals surface area contributed by atoms with Gasteiger partial charge in [-0.25, -0.2) is 0 Å². The van der Waals surface area contributed by atoms with Crippen molar-refractivity contribution in [1.29, 1.82) is 0 Å². The lowest BCUT2D eigenvalue weighted by molar-refractivity contribution is -0.158. The fraction of sp³-hybridized carbons (Fsp3) is 0.525. The third-order valence-corrected chi connectivity index (χ3v) is 11.9. The van der Waals surface area contributed by atoms with Gasteiger partial charge in [-0.15, -0.1) is 11.8 Å². The number of likely N-dealkylation sites (tertiary alicyclic amines) is 1. The molecule has 0 bridgehead atoms. The molecule has 4 unspecified atom stereocenters. The number of rotatable bonds is 21. The molecule has 2 saturated carbocycles. The fourth-order valence-corrected chi connectivity index (χ4v) is 7.98. The summed E-state index contributed by atoms with van der Waals surface area (Å²) in [5, 5.41) is 54.4. The van der Waals surface area contributed by atoms with Gasteiger partial charge in [0.05, 0.1) is 12.7 Å². The summed E-state index contributed by atoms with van der Waals surface area (Å²) in [6, 6.07) is 16.2. The highest BCUT2D eigenvalue weighted by atomic mass is 35.5. The topological polar surface area (TPSA) is 176 Å². The van der Waals surface area contributed by atoms with Gasteiger partial charge >= 0.3 is 0 Å². The molecule has 2 heterocycles. The molecule has 54 heavy (non-hydrogen) atoms. The second-order valence-electron chi connectivity index (χ2n) is 14.5. The molecule has 12 nitrogen and oxygen atoms in total. The quantitative estimate of drug-likeness (QED) is 0.0690. The van der Waals surface area contributed by atoms with E-state index in [0.717, 1.165) is 65.0 Å². The van der Waals surface area contributed by atoms with Crippen LogP contribution < -0.4 is 10.1 Å². The van der Waals surface area contributed by atoms with E-state index in [0.29, 0.717) is 49.7 Å². The van der Waals surface area contributed by atoms with Gasteiger partial charge in [-0.3, -0.25) is 14.6 Å². The molecule has 14 heteroatoms. The Labute approximate surface area is 325 Å². The van der Waals surface area contributed by atoms with Gasteiger partial charge in [0.2, 0.25) is 5.91 Å². The van der Waals surface area contributed by atoms with Crippen molar-refractivity contribution < 1.29 is 39.9 Å². The maximum atomic E-state index is 13.3. The molecule has 2 amide bonds. The van der Waals surface area contributed by atoms with Crippen molar-refractivity contribution in [2.24, 2.45) is 0 Å². The molecular weight excluding hydrogens is 732 g/mol. The van der Waals surface area contributed by atoms with Gasteiger partial charge in [-0.1, -0.05) is 29.8 Å². The summed E-state index contributed by atoms with van der Waals surface area (Å²) in [5.74, 6) is 0.813. The van der Waals surface area contributed by atoms with Gasteiger partial charge in [0.1, 0.15) is 24.1 Å². The van der Waals surface area contributed by atoms with E-state index in [1.807, 2.05) is 42.7 Å². The highest BCUT2D eigenvalue weighted by molar-refractivity contribution is 7.99. The lowest BCUT2D eigenvalue weighted by atomic mass is 9.94. The minimum atomic E-state index is -2.00. The van der Waals surface area contributed by atoms with Crippen molar-refractivity contribution in [3.8, 4) is 16.9 Å². The predicted molar refractivity (Wildman–Crippen MR) is 206 cm³/mol. The van der Waals surface area contributed by atoms with E-state index in [2.05, 4.69) is 28.5 Å². The van der Waals surface area contributed by atoms with Crippen molar-refractivity contribution in [2.75, 3.05) is 38.5 Å². The van der Waals surface area contributed by atoms with Crippen LogP contribution in [0.1, 0.15) is 62.5 Å². The summed E-state index contributed by atoms with van der Waals surface area (Å²) in [7, 11) is 0. The highest BCUT2D eigenvalue weighted by Crippen LogP contribution is 2.50. The standard InChI is InChI=1S/C40H51ClN4O8S/c41-32-12-11-28(54-21-5-20-45(19-4-18-44-17-3-8-35(44)48)39(52)38(51)37(50)36(49)33(47)25-46)22-26(32)23-43-40(14-15-40)31-24-42-16-13-29(31)30-6-1-2-7-34(30)53-27-9-10-27/h1-2,6-7,11-13,16,22,24,27,33,36-38,43,46-47,49-51H,3-5,8-10,14-15,17-21,23,25H2. The maximum absolute atomic E-state index is 13.3. The zero-order valence-corrected chi connectivity index (χ0v) is 31.9. The van der Waals surface area contributed by atoms with Crippen LogP contribution in [0.25, 0.3) is 11.1 Å². The van der Waals surface area contributed by atoms with Crippen LogP contribution in [-0.2, 0) is 21.7 Å². The Hall–Kier alpha value is -3.27. The highest BCUT2D eigenvalue weighted by Gasteiger charge is 2.46. The Morgan fingerprint density at radius 3 is 2.56 bits per heavy atom. The number of para-hydroxylation sites is 1. The monoisotopic (exact) mass is 782 g/mol. The van der Waals surface area contributed by atoms with Gasteiger partial charge in [0.25, 0.3) is 5.91 Å². The molecule has 0 radical (unpaired) electrons. The van der Waals surface area contributed by atoms with Crippen LogP contribution >= 0.6 is 23.4 Å². The lowest BCUT2D eigenvalue weighted by Crippen LogP contribution is -2.53. The largest absolute Gasteiger partial charge is 0.490 e. The average molecular weight is 783 g/mol. The van der Waals surface area contributed by atoms with Crippen molar-refractivity contribution in [1.82, 2.24) is 20.1 Å². The van der Waals surface area contributed by atoms with Crippen LogP contribution in [0.5, 0.6) is 5.75 Å². The smallest absolute Gasteiger partial charge is 0.254 e. The summed E-state index contributed by atoms with van der Waals surface area (Å²) in [6.45, 7) is 1.34. The molecule has 2 aromatic carbocycles. The molecule has 0 spiro atoms. The number of carbonyl (C=O) groups excluding carboxylic acids is 2. The van der Waals surface area contributed by atoms with Crippen molar-refractivity contribution in [3.63, 3.8) is 0 Å². The average Bonchev–Trinajstić information content (AvgIpc) is 4.13. The molecule has 1 saturated heterocycles. The fourth-order valence-electron chi connectivity index (χ4n) is 6.90. The minimum Gasteiger partial charge on any atom is -0.490 e. The van der Waals surface area contributed by atoms with Crippen molar-refractivity contribution in [2.45, 2.75) is 98.9 Å². The second-order valence-corrected chi connectivity index (χ2v) is 16.0. The minimum absolute atomic E-state index is 0.0764. The van der Waals surface area contributed by atoms with Gasteiger partial charge in [0.15, 0.2) is 6.10 Å². The number of aliphatic hydroxyl groups is 5. The van der Waals surface area contributed by atoms with E-state index in [1.54, 1.807) is 16.7 Å². The predicted octanol–water partition coefficient (Wildman–Crippen LogP) is 3.48. The molecule has 1 aromatic heterocycles. The van der Waals surface area contributed by atoms with E-state index in [-0.39, 0.29) is 30.6 Å². The Balaban J connectivity index is 1.06. The first-order chi connectivity index (χ1) is 26.1. The van der Waals surface area contributed by atoms with Gasteiger partial charge in [0, 0.05) is 72.6 Å². The number of nitrogens with one attached hydrogen (secondary N) is 1. The number of thioether (sulfide) groups is 1. The summed E-state index contributed by atoms with van der Waals surface area (Å²) in [4.78, 5) is 34.1. The summed E-state index contributed by atoms with van der Waals surface area (Å²) >= 11 is 8.31. The number of benzene rings is 2. The number of nitrogens with zero attached hydrogens (tertiary/aromatic N) is 3. The summed E-state index contributed by atoms with van der Waals surface area (Å²) in [6.07, 6.45) is 2.90. The van der Waals surface area contributed by atoms with Crippen LogP contribution in [0.15, 0.2) is 65.8 Å². The van der Waals surface area contributed by atoms with E-state index >= 15 is 0 Å². The van der Waals surface area contributed by atoms with E-state index < -0.39 is 36.9 Å². The molecule has 292 valence electrons. The van der Waals surface area contributed by atoms with Crippen LogP contribution in [0.2, 0.25) is 5.02 Å². The first-order valence-corrected chi connectivity index (χ1v) is 20.2. The number of aliphatic hydroxyl groups excluding tert-OH is 5. The molecule has 2 aliphatic carbocycles. The molecule has 1 aliphatic heterocycles. The molecule has 6 rings (SSSR count). The van der Waals surface area contributed by atoms with E-state index in [9.17, 15) is 30.0 Å². The normalized spacial score (nSPS) is 18.6. The summed E-state index contributed by atoms with van der Waals surface area (Å²) < 4.78 is 6.26. The lowest BCUT2D eigenvalue weighted by Gasteiger charge is -2.30. The Morgan fingerprint density at radius 1 is 1.06 bits per heavy atom. The van der Waals surface area contributed by atoms with Gasteiger partial charge < -0.3 is 45.4 Å². The molecular formula is C40H51ClN4O8S. The number of amides is 2.